The molecule has 2 aliphatic rings. The Labute approximate surface area is 217 Å². The van der Waals surface area contributed by atoms with E-state index in [9.17, 15) is 14.4 Å². The van der Waals surface area contributed by atoms with Crippen LogP contribution in [0.15, 0.2) is 0 Å². The van der Waals surface area contributed by atoms with E-state index in [1.807, 2.05) is 72.5 Å². The van der Waals surface area contributed by atoms with Crippen LogP contribution in [0, 0.1) is 17.8 Å². The van der Waals surface area contributed by atoms with Crippen molar-refractivity contribution < 1.29 is 14.4 Å². The molecule has 2 rings (SSSR count). The van der Waals surface area contributed by atoms with Crippen molar-refractivity contribution in [3.63, 3.8) is 0 Å². The van der Waals surface area contributed by atoms with Crippen molar-refractivity contribution >= 4 is 17.7 Å². The Hall–Kier alpha value is -1.63. The van der Waals surface area contributed by atoms with Crippen LogP contribution in [-0.2, 0) is 14.4 Å². The number of piperidine rings is 2. The molecule has 0 bridgehead atoms. The topological polar surface area (TPSA) is 64.2 Å². The van der Waals surface area contributed by atoms with Crippen molar-refractivity contribution in [3.8, 4) is 0 Å². The van der Waals surface area contributed by atoms with Crippen LogP contribution < -0.4 is 0 Å². The molecule has 7 nitrogen and oxygen atoms in total. The minimum Gasteiger partial charge on any atom is -0.344 e. The predicted octanol–water partition coefficient (Wildman–Crippen LogP) is 4.61. The van der Waals surface area contributed by atoms with E-state index in [0.717, 1.165) is 39.3 Å². The summed E-state index contributed by atoms with van der Waals surface area (Å²) in [5.74, 6) is 1.32. The lowest BCUT2D eigenvalue weighted by Crippen LogP contribution is -2.38. The molecule has 0 aromatic heterocycles. The molecule has 0 aliphatic carbocycles. The second-order valence-corrected chi connectivity index (χ2v) is 10.8. The largest absolute Gasteiger partial charge is 0.344 e. The summed E-state index contributed by atoms with van der Waals surface area (Å²) in [6.07, 6.45) is 7.36. The lowest BCUT2D eigenvalue weighted by Gasteiger charge is -2.28. The van der Waals surface area contributed by atoms with E-state index >= 15 is 0 Å². The third-order valence-corrected chi connectivity index (χ3v) is 6.08. The summed E-state index contributed by atoms with van der Waals surface area (Å²) >= 11 is 0. The highest BCUT2D eigenvalue weighted by Gasteiger charge is 2.19. The Morgan fingerprint density at radius 2 is 0.943 bits per heavy atom. The molecular weight excluding hydrogens is 440 g/mol. The summed E-state index contributed by atoms with van der Waals surface area (Å²) < 4.78 is 0. The van der Waals surface area contributed by atoms with E-state index in [0.29, 0.717) is 11.8 Å². The number of rotatable bonds is 6. The molecule has 0 spiro atoms. The molecule has 7 heteroatoms. The normalized spacial score (nSPS) is 15.7. The fourth-order valence-electron chi connectivity index (χ4n) is 3.86. The standard InChI is InChI=1S/C9H20N2O.2C9H17NO.CH4/c1-8(2)9(12)11(5)7-6-10(3)4;2*1-8(2)9(11)10-6-4-3-5-7-10;/h8H,6-7H2,1-5H3;2*8H,3-7H2,1-2H3;1H4. The maximum absolute atomic E-state index is 11.4. The van der Waals surface area contributed by atoms with Crippen molar-refractivity contribution in [1.82, 2.24) is 19.6 Å². The molecule has 35 heavy (non-hydrogen) atoms. The molecule has 2 fully saturated rings. The molecule has 0 aromatic rings. The maximum atomic E-state index is 11.4. The fourth-order valence-corrected chi connectivity index (χ4v) is 3.86. The summed E-state index contributed by atoms with van der Waals surface area (Å²) in [7, 11) is 5.87. The molecular formula is C28H58N4O3. The molecule has 3 amide bonds. The highest BCUT2D eigenvalue weighted by molar-refractivity contribution is 5.78. The van der Waals surface area contributed by atoms with Gasteiger partial charge in [0.2, 0.25) is 17.7 Å². The van der Waals surface area contributed by atoms with Gasteiger partial charge in [-0.05, 0) is 52.6 Å². The van der Waals surface area contributed by atoms with Gasteiger partial charge in [-0.2, -0.15) is 0 Å². The molecule has 0 saturated carbocycles. The lowest BCUT2D eigenvalue weighted by molar-refractivity contribution is -0.136. The van der Waals surface area contributed by atoms with Crippen molar-refractivity contribution in [2.45, 2.75) is 87.5 Å². The first-order valence-electron chi connectivity index (χ1n) is 13.4. The van der Waals surface area contributed by atoms with Gasteiger partial charge in [0.1, 0.15) is 0 Å². The van der Waals surface area contributed by atoms with Gasteiger partial charge >= 0.3 is 0 Å². The number of likely N-dealkylation sites (tertiary alicyclic amines) is 2. The maximum Gasteiger partial charge on any atom is 0.225 e. The molecule has 208 valence electrons. The molecule has 0 radical (unpaired) electrons. The molecule has 0 N–H and O–H groups in total. The van der Waals surface area contributed by atoms with Crippen LogP contribution in [0.3, 0.4) is 0 Å². The van der Waals surface area contributed by atoms with Crippen LogP contribution in [0.2, 0.25) is 0 Å². The second kappa shape index (κ2) is 19.5. The number of nitrogens with zero attached hydrogens (tertiary/aromatic N) is 4. The van der Waals surface area contributed by atoms with Gasteiger partial charge in [0.05, 0.1) is 0 Å². The van der Waals surface area contributed by atoms with E-state index in [4.69, 9.17) is 0 Å². The van der Waals surface area contributed by atoms with Gasteiger partial charge < -0.3 is 19.6 Å². The van der Waals surface area contributed by atoms with Crippen molar-refractivity contribution in [3.05, 3.63) is 0 Å². The summed E-state index contributed by atoms with van der Waals surface area (Å²) in [4.78, 5) is 42.1. The zero-order valence-corrected chi connectivity index (χ0v) is 23.7. The van der Waals surface area contributed by atoms with Gasteiger partial charge in [0, 0.05) is 64.1 Å². The summed E-state index contributed by atoms with van der Waals surface area (Å²) in [5.41, 5.74) is 0. The van der Waals surface area contributed by atoms with Gasteiger partial charge in [-0.25, -0.2) is 0 Å². The molecule has 2 saturated heterocycles. The minimum absolute atomic E-state index is 0. The smallest absolute Gasteiger partial charge is 0.225 e. The molecule has 0 unspecified atom stereocenters. The quantitative estimate of drug-likeness (QED) is 0.536. The summed E-state index contributed by atoms with van der Waals surface area (Å²) in [6, 6.07) is 0. The second-order valence-electron chi connectivity index (χ2n) is 10.8. The first-order valence-corrected chi connectivity index (χ1v) is 13.4. The average molecular weight is 499 g/mol. The van der Waals surface area contributed by atoms with Gasteiger partial charge in [-0.15, -0.1) is 0 Å². The van der Waals surface area contributed by atoms with E-state index in [2.05, 4.69) is 4.90 Å². The number of carbonyl (C=O) groups is 3. The van der Waals surface area contributed by atoms with Crippen molar-refractivity contribution in [1.29, 1.82) is 0 Å². The Bertz CT molecular complexity index is 545. The van der Waals surface area contributed by atoms with Crippen LogP contribution in [0.4, 0.5) is 0 Å². The van der Waals surface area contributed by atoms with Gasteiger partial charge in [-0.1, -0.05) is 49.0 Å². The number of hydrogen-bond donors (Lipinski definition) is 0. The summed E-state index contributed by atoms with van der Waals surface area (Å²) in [6.45, 7) is 17.4. The van der Waals surface area contributed by atoms with Gasteiger partial charge in [0.25, 0.3) is 0 Å². The zero-order valence-electron chi connectivity index (χ0n) is 23.7. The minimum atomic E-state index is 0. The first kappa shape index (κ1) is 35.5. The van der Waals surface area contributed by atoms with Crippen LogP contribution in [0.25, 0.3) is 0 Å². The third-order valence-electron chi connectivity index (χ3n) is 6.08. The fraction of sp³-hybridized carbons (Fsp3) is 0.893. The van der Waals surface area contributed by atoms with E-state index in [-0.39, 0.29) is 31.1 Å². The number of amides is 3. The molecule has 0 aromatic carbocycles. The van der Waals surface area contributed by atoms with Gasteiger partial charge in [-0.3, -0.25) is 14.4 Å². The monoisotopic (exact) mass is 498 g/mol. The predicted molar refractivity (Wildman–Crippen MR) is 148 cm³/mol. The lowest BCUT2D eigenvalue weighted by atomic mass is 10.1. The zero-order chi connectivity index (χ0) is 26.3. The summed E-state index contributed by atoms with van der Waals surface area (Å²) in [5, 5.41) is 0. The SMILES string of the molecule is C.CC(C)C(=O)N(C)CCN(C)C.CC(C)C(=O)N1CCCCC1.CC(C)C(=O)N1CCCCC1. The third kappa shape index (κ3) is 15.9. The highest BCUT2D eigenvalue weighted by atomic mass is 16.2. The number of carbonyl (C=O) groups excluding carboxylic acids is 3. The number of likely N-dealkylation sites (N-methyl/N-ethyl adjacent to an activating group) is 2. The number of hydrogen-bond acceptors (Lipinski definition) is 4. The van der Waals surface area contributed by atoms with Crippen LogP contribution in [0.1, 0.15) is 87.5 Å². The molecule has 0 atom stereocenters. The molecule has 2 heterocycles. The average Bonchev–Trinajstić information content (AvgIpc) is 2.82. The highest BCUT2D eigenvalue weighted by Crippen LogP contribution is 2.12. The Balaban J connectivity index is 0. The van der Waals surface area contributed by atoms with Crippen LogP contribution in [-0.4, -0.2) is 97.7 Å². The van der Waals surface area contributed by atoms with E-state index in [1.54, 1.807) is 4.90 Å². The molecule has 2 aliphatic heterocycles. The first-order chi connectivity index (χ1) is 15.9. The Morgan fingerprint density at radius 1 is 0.600 bits per heavy atom. The van der Waals surface area contributed by atoms with E-state index in [1.165, 1.54) is 38.5 Å². The van der Waals surface area contributed by atoms with Gasteiger partial charge in [0.15, 0.2) is 0 Å². The van der Waals surface area contributed by atoms with Crippen molar-refractivity contribution in [2.24, 2.45) is 17.8 Å². The Kier molecular flexibility index (Phi) is 19.8. The van der Waals surface area contributed by atoms with Crippen molar-refractivity contribution in [2.75, 3.05) is 60.4 Å². The van der Waals surface area contributed by atoms with E-state index < -0.39 is 0 Å². The van der Waals surface area contributed by atoms with Crippen LogP contribution in [0.5, 0.6) is 0 Å². The van der Waals surface area contributed by atoms with Crippen LogP contribution >= 0.6 is 0 Å². The Morgan fingerprint density at radius 3 is 1.20 bits per heavy atom.